The zero-order valence-electron chi connectivity index (χ0n) is 11.2. The second-order valence-corrected chi connectivity index (χ2v) is 5.01. The van der Waals surface area contributed by atoms with Gasteiger partial charge in [0.1, 0.15) is 0 Å². The van der Waals surface area contributed by atoms with Crippen LogP contribution >= 0.6 is 0 Å². The van der Waals surface area contributed by atoms with Crippen LogP contribution in [0.3, 0.4) is 0 Å². The number of hydrogen-bond donors (Lipinski definition) is 3. The van der Waals surface area contributed by atoms with Crippen LogP contribution in [0.25, 0.3) is 0 Å². The molecular formula is C12H26N4O. The topological polar surface area (TPSA) is 71.7 Å². The Bertz CT molecular complexity index is 245. The van der Waals surface area contributed by atoms with E-state index in [0.29, 0.717) is 31.1 Å². The number of aliphatic imine (C=N–C) groups is 1. The van der Waals surface area contributed by atoms with Crippen LogP contribution in [0.5, 0.6) is 0 Å². The van der Waals surface area contributed by atoms with E-state index in [1.807, 2.05) is 0 Å². The number of nitrogens with two attached hydrogens (primary N) is 1. The number of ether oxygens (including phenoxy) is 1. The number of nitrogens with zero attached hydrogens (tertiary/aromatic N) is 1. The standard InChI is InChI=1S/C12H26N4O/c1-9-4-5-11(10(2)8-9)15-12(16-13)14-6-7-17-3/h9-11H,4-8,13H2,1-3H3,(H2,14,15,16). The van der Waals surface area contributed by atoms with Gasteiger partial charge in [-0.2, -0.15) is 0 Å². The molecule has 5 nitrogen and oxygen atoms in total. The maximum absolute atomic E-state index is 5.46. The van der Waals surface area contributed by atoms with Crippen molar-refractivity contribution in [1.29, 1.82) is 0 Å². The summed E-state index contributed by atoms with van der Waals surface area (Å²) in [5.74, 6) is 7.64. The van der Waals surface area contributed by atoms with Crippen LogP contribution in [0, 0.1) is 11.8 Å². The van der Waals surface area contributed by atoms with Crippen molar-refractivity contribution >= 4 is 5.96 Å². The van der Waals surface area contributed by atoms with Crippen LogP contribution in [0.1, 0.15) is 33.1 Å². The van der Waals surface area contributed by atoms with E-state index >= 15 is 0 Å². The van der Waals surface area contributed by atoms with Gasteiger partial charge in [-0.15, -0.1) is 0 Å². The Morgan fingerprint density at radius 1 is 1.41 bits per heavy atom. The van der Waals surface area contributed by atoms with Gasteiger partial charge < -0.3 is 10.1 Å². The van der Waals surface area contributed by atoms with Crippen molar-refractivity contribution in [2.75, 3.05) is 20.3 Å². The quantitative estimate of drug-likeness (QED) is 0.225. The highest BCUT2D eigenvalue weighted by Gasteiger charge is 2.25. The molecule has 1 rings (SSSR count). The van der Waals surface area contributed by atoms with Gasteiger partial charge in [0.05, 0.1) is 13.2 Å². The second kappa shape index (κ2) is 7.50. The molecule has 100 valence electrons. The molecule has 0 bridgehead atoms. The minimum absolute atomic E-state index is 0.476. The lowest BCUT2D eigenvalue weighted by molar-refractivity contribution is 0.207. The fraction of sp³-hybridized carbons (Fsp3) is 0.917. The zero-order chi connectivity index (χ0) is 12.7. The van der Waals surface area contributed by atoms with Gasteiger partial charge in [0.2, 0.25) is 5.96 Å². The maximum Gasteiger partial charge on any atom is 0.206 e. The van der Waals surface area contributed by atoms with Gasteiger partial charge in [0.25, 0.3) is 0 Å². The van der Waals surface area contributed by atoms with E-state index in [-0.39, 0.29) is 0 Å². The first-order valence-corrected chi connectivity index (χ1v) is 6.44. The normalized spacial score (nSPS) is 30.1. The Balaban J connectivity index is 2.41. The van der Waals surface area contributed by atoms with Gasteiger partial charge in [0, 0.05) is 13.2 Å². The minimum Gasteiger partial charge on any atom is -0.383 e. The number of rotatable bonds is 4. The van der Waals surface area contributed by atoms with E-state index < -0.39 is 0 Å². The van der Waals surface area contributed by atoms with Crippen LogP contribution in [0.2, 0.25) is 0 Å². The summed E-state index contributed by atoms with van der Waals surface area (Å²) in [6, 6.07) is 0.476. The van der Waals surface area contributed by atoms with E-state index in [0.717, 1.165) is 5.92 Å². The van der Waals surface area contributed by atoms with Gasteiger partial charge in [-0.25, -0.2) is 10.8 Å². The van der Waals surface area contributed by atoms with Gasteiger partial charge in [-0.1, -0.05) is 13.8 Å². The monoisotopic (exact) mass is 242 g/mol. The van der Waals surface area contributed by atoms with E-state index in [9.17, 15) is 0 Å². The average molecular weight is 242 g/mol. The van der Waals surface area contributed by atoms with Gasteiger partial charge >= 0.3 is 0 Å². The Morgan fingerprint density at radius 3 is 2.76 bits per heavy atom. The van der Waals surface area contributed by atoms with E-state index in [1.165, 1.54) is 19.3 Å². The minimum atomic E-state index is 0.476. The van der Waals surface area contributed by atoms with Crippen LogP contribution in [-0.4, -0.2) is 32.3 Å². The molecule has 0 aromatic rings. The van der Waals surface area contributed by atoms with Gasteiger partial charge in [0.15, 0.2) is 0 Å². The number of guanidine groups is 1. The molecule has 0 saturated heterocycles. The fourth-order valence-corrected chi connectivity index (χ4v) is 2.44. The summed E-state index contributed by atoms with van der Waals surface area (Å²) in [4.78, 5) is 4.32. The molecule has 0 spiro atoms. The predicted octanol–water partition coefficient (Wildman–Crippen LogP) is 0.866. The number of methoxy groups -OCH3 is 1. The van der Waals surface area contributed by atoms with E-state index in [4.69, 9.17) is 10.6 Å². The molecule has 0 aliphatic heterocycles. The lowest BCUT2D eigenvalue weighted by atomic mass is 9.80. The summed E-state index contributed by atoms with van der Waals surface area (Å²) >= 11 is 0. The molecule has 1 saturated carbocycles. The number of nitrogens with one attached hydrogen (secondary N) is 2. The molecule has 5 heteroatoms. The first-order chi connectivity index (χ1) is 8.17. The summed E-state index contributed by atoms with van der Waals surface area (Å²) in [6.07, 6.45) is 3.73. The highest BCUT2D eigenvalue weighted by molar-refractivity contribution is 5.79. The largest absolute Gasteiger partial charge is 0.383 e. The van der Waals surface area contributed by atoms with Crippen molar-refractivity contribution in [3.63, 3.8) is 0 Å². The number of hydrogen-bond acceptors (Lipinski definition) is 3. The summed E-state index contributed by atoms with van der Waals surface area (Å²) in [6.45, 7) is 5.85. The van der Waals surface area contributed by atoms with Gasteiger partial charge in [-0.3, -0.25) is 5.43 Å². The predicted molar refractivity (Wildman–Crippen MR) is 70.6 cm³/mol. The fourth-order valence-electron chi connectivity index (χ4n) is 2.44. The molecule has 1 aliphatic carbocycles. The van der Waals surface area contributed by atoms with Crippen molar-refractivity contribution in [3.05, 3.63) is 0 Å². The summed E-state index contributed by atoms with van der Waals surface area (Å²) in [5.41, 5.74) is 2.62. The van der Waals surface area contributed by atoms with Crippen LogP contribution in [-0.2, 0) is 4.74 Å². The number of hydrazine groups is 1. The summed E-state index contributed by atoms with van der Waals surface area (Å²) < 4.78 is 4.96. The van der Waals surface area contributed by atoms with Crippen LogP contribution < -0.4 is 16.6 Å². The molecule has 4 N–H and O–H groups in total. The third kappa shape index (κ3) is 4.91. The molecule has 0 aromatic carbocycles. The molecule has 1 fully saturated rings. The van der Waals surface area contributed by atoms with Crippen molar-refractivity contribution < 1.29 is 4.74 Å². The third-order valence-electron chi connectivity index (χ3n) is 3.46. The lowest BCUT2D eigenvalue weighted by Crippen LogP contribution is -2.50. The molecule has 3 unspecified atom stereocenters. The average Bonchev–Trinajstić information content (AvgIpc) is 2.31. The SMILES string of the molecule is COCCN=C(NN)NC1CCC(C)CC1C. The van der Waals surface area contributed by atoms with Crippen LogP contribution in [0.15, 0.2) is 4.99 Å². The third-order valence-corrected chi connectivity index (χ3v) is 3.46. The van der Waals surface area contributed by atoms with Crippen LogP contribution in [0.4, 0.5) is 0 Å². The highest BCUT2D eigenvalue weighted by atomic mass is 16.5. The zero-order valence-corrected chi connectivity index (χ0v) is 11.2. The molecule has 0 aromatic heterocycles. The highest BCUT2D eigenvalue weighted by Crippen LogP contribution is 2.28. The second-order valence-electron chi connectivity index (χ2n) is 5.01. The van der Waals surface area contributed by atoms with Crippen molar-refractivity contribution in [1.82, 2.24) is 10.7 Å². The Kier molecular flexibility index (Phi) is 6.29. The molecule has 0 heterocycles. The van der Waals surface area contributed by atoms with Crippen molar-refractivity contribution in [3.8, 4) is 0 Å². The summed E-state index contributed by atoms with van der Waals surface area (Å²) in [5, 5.41) is 3.39. The Hall–Kier alpha value is -0.810. The summed E-state index contributed by atoms with van der Waals surface area (Å²) in [7, 11) is 1.67. The molecule has 1 aliphatic rings. The van der Waals surface area contributed by atoms with E-state index in [1.54, 1.807) is 7.11 Å². The lowest BCUT2D eigenvalue weighted by Gasteiger charge is -2.33. The Labute approximate surface area is 104 Å². The smallest absolute Gasteiger partial charge is 0.206 e. The van der Waals surface area contributed by atoms with Crippen molar-refractivity contribution in [2.45, 2.75) is 39.2 Å². The van der Waals surface area contributed by atoms with Crippen molar-refractivity contribution in [2.24, 2.45) is 22.7 Å². The molecular weight excluding hydrogens is 216 g/mol. The first-order valence-electron chi connectivity index (χ1n) is 6.44. The molecule has 3 atom stereocenters. The first kappa shape index (κ1) is 14.3. The Morgan fingerprint density at radius 2 is 2.18 bits per heavy atom. The van der Waals surface area contributed by atoms with E-state index in [2.05, 4.69) is 29.6 Å². The molecule has 0 amide bonds. The molecule has 0 radical (unpaired) electrons. The molecule has 17 heavy (non-hydrogen) atoms. The maximum atomic E-state index is 5.46. The van der Waals surface area contributed by atoms with Gasteiger partial charge in [-0.05, 0) is 31.1 Å².